The predicted octanol–water partition coefficient (Wildman–Crippen LogP) is 1.51. The standard InChI is InChI=1S/C11H20N2O2S2/c1-3-13(17(2,14)15)7-4-6-12-9-11-5-8-16-10-11/h5,8,10,12H,3-4,6-7,9H2,1-2H3. The Morgan fingerprint density at radius 1 is 1.47 bits per heavy atom. The molecule has 0 amide bonds. The number of hydrogen-bond donors (Lipinski definition) is 1. The zero-order chi connectivity index (χ0) is 12.7. The van der Waals surface area contributed by atoms with Crippen molar-refractivity contribution >= 4 is 21.4 Å². The fourth-order valence-corrected chi connectivity index (χ4v) is 3.16. The number of hydrogen-bond acceptors (Lipinski definition) is 4. The first-order valence-electron chi connectivity index (χ1n) is 5.71. The molecular weight excluding hydrogens is 256 g/mol. The third kappa shape index (κ3) is 5.63. The summed E-state index contributed by atoms with van der Waals surface area (Å²) in [6, 6.07) is 2.09. The Kier molecular flexibility index (Phi) is 6.11. The van der Waals surface area contributed by atoms with E-state index in [1.165, 1.54) is 16.1 Å². The molecule has 0 bridgehead atoms. The molecule has 6 heteroatoms. The number of rotatable bonds is 8. The number of sulfonamides is 1. The monoisotopic (exact) mass is 276 g/mol. The quantitative estimate of drug-likeness (QED) is 0.732. The molecule has 0 aliphatic heterocycles. The van der Waals surface area contributed by atoms with Gasteiger partial charge < -0.3 is 5.32 Å². The molecule has 0 aliphatic carbocycles. The van der Waals surface area contributed by atoms with Gasteiger partial charge in [-0.1, -0.05) is 6.92 Å². The van der Waals surface area contributed by atoms with Crippen LogP contribution in [0, 0.1) is 0 Å². The molecule has 0 saturated heterocycles. The lowest BCUT2D eigenvalue weighted by molar-refractivity contribution is 0.419. The van der Waals surface area contributed by atoms with Gasteiger partial charge in [0.05, 0.1) is 6.26 Å². The van der Waals surface area contributed by atoms with Crippen molar-refractivity contribution in [1.29, 1.82) is 0 Å². The minimum Gasteiger partial charge on any atom is -0.313 e. The SMILES string of the molecule is CCN(CCCNCc1ccsc1)S(C)(=O)=O. The molecule has 0 aliphatic rings. The second kappa shape index (κ2) is 7.10. The van der Waals surface area contributed by atoms with E-state index in [1.807, 2.05) is 6.92 Å². The number of thiophene rings is 1. The zero-order valence-electron chi connectivity index (χ0n) is 10.3. The average molecular weight is 276 g/mol. The second-order valence-electron chi connectivity index (χ2n) is 3.92. The Bertz CT molecular complexity index is 401. The Balaban J connectivity index is 2.15. The van der Waals surface area contributed by atoms with Crippen LogP contribution in [0.4, 0.5) is 0 Å². The first-order valence-corrected chi connectivity index (χ1v) is 8.50. The number of nitrogens with one attached hydrogen (secondary N) is 1. The topological polar surface area (TPSA) is 49.4 Å². The molecule has 0 atom stereocenters. The van der Waals surface area contributed by atoms with Gasteiger partial charge in [-0.15, -0.1) is 0 Å². The van der Waals surface area contributed by atoms with Gasteiger partial charge in [0.1, 0.15) is 0 Å². The lowest BCUT2D eigenvalue weighted by Crippen LogP contribution is -2.32. The van der Waals surface area contributed by atoms with E-state index < -0.39 is 10.0 Å². The summed E-state index contributed by atoms with van der Waals surface area (Å²) >= 11 is 1.69. The maximum absolute atomic E-state index is 11.3. The van der Waals surface area contributed by atoms with E-state index in [9.17, 15) is 8.42 Å². The van der Waals surface area contributed by atoms with Crippen molar-refractivity contribution in [2.75, 3.05) is 25.9 Å². The molecule has 1 heterocycles. The summed E-state index contributed by atoms with van der Waals surface area (Å²) in [5.74, 6) is 0. The molecule has 4 nitrogen and oxygen atoms in total. The Hall–Kier alpha value is -0.430. The fraction of sp³-hybridized carbons (Fsp3) is 0.636. The van der Waals surface area contributed by atoms with Gasteiger partial charge in [0.15, 0.2) is 0 Å². The van der Waals surface area contributed by atoms with Gasteiger partial charge >= 0.3 is 0 Å². The summed E-state index contributed by atoms with van der Waals surface area (Å²) in [7, 11) is -3.04. The minimum atomic E-state index is -3.04. The van der Waals surface area contributed by atoms with E-state index in [1.54, 1.807) is 11.3 Å². The van der Waals surface area contributed by atoms with Crippen LogP contribution in [0.25, 0.3) is 0 Å². The normalized spacial score (nSPS) is 12.2. The summed E-state index contributed by atoms with van der Waals surface area (Å²) in [5.41, 5.74) is 1.28. The van der Waals surface area contributed by atoms with E-state index in [2.05, 4.69) is 22.1 Å². The summed E-state index contributed by atoms with van der Waals surface area (Å²) in [4.78, 5) is 0. The van der Waals surface area contributed by atoms with Crippen molar-refractivity contribution in [2.45, 2.75) is 19.9 Å². The summed E-state index contributed by atoms with van der Waals surface area (Å²) in [5, 5.41) is 7.47. The largest absolute Gasteiger partial charge is 0.313 e. The molecule has 1 aromatic heterocycles. The highest BCUT2D eigenvalue weighted by molar-refractivity contribution is 7.88. The van der Waals surface area contributed by atoms with Gasteiger partial charge in [-0.3, -0.25) is 0 Å². The van der Waals surface area contributed by atoms with E-state index in [0.29, 0.717) is 13.1 Å². The summed E-state index contributed by atoms with van der Waals surface area (Å²) in [6.07, 6.45) is 2.10. The maximum atomic E-state index is 11.3. The minimum absolute atomic E-state index is 0.545. The summed E-state index contributed by atoms with van der Waals surface area (Å²) < 4.78 is 24.1. The molecule has 98 valence electrons. The zero-order valence-corrected chi connectivity index (χ0v) is 12.0. The van der Waals surface area contributed by atoms with Gasteiger partial charge in [0, 0.05) is 19.6 Å². The lowest BCUT2D eigenvalue weighted by Gasteiger charge is -2.17. The smallest absolute Gasteiger partial charge is 0.211 e. The van der Waals surface area contributed by atoms with Crippen molar-refractivity contribution in [2.24, 2.45) is 0 Å². The van der Waals surface area contributed by atoms with Gasteiger partial charge in [-0.25, -0.2) is 12.7 Å². The fourth-order valence-electron chi connectivity index (χ4n) is 1.56. The van der Waals surface area contributed by atoms with Crippen LogP contribution in [0.1, 0.15) is 18.9 Å². The molecule has 0 unspecified atom stereocenters. The molecule has 1 N–H and O–H groups in total. The van der Waals surface area contributed by atoms with Crippen molar-refractivity contribution in [3.8, 4) is 0 Å². The van der Waals surface area contributed by atoms with Crippen LogP contribution in [-0.4, -0.2) is 38.6 Å². The highest BCUT2D eigenvalue weighted by atomic mass is 32.2. The average Bonchev–Trinajstić information content (AvgIpc) is 2.74. The molecule has 1 aromatic rings. The first kappa shape index (κ1) is 14.6. The number of nitrogens with zero attached hydrogens (tertiary/aromatic N) is 1. The van der Waals surface area contributed by atoms with E-state index in [-0.39, 0.29) is 0 Å². The predicted molar refractivity (Wildman–Crippen MR) is 72.7 cm³/mol. The van der Waals surface area contributed by atoms with Crippen molar-refractivity contribution in [3.05, 3.63) is 22.4 Å². The highest BCUT2D eigenvalue weighted by Gasteiger charge is 2.12. The molecule has 0 spiro atoms. The third-order valence-electron chi connectivity index (χ3n) is 2.49. The van der Waals surface area contributed by atoms with E-state index in [0.717, 1.165) is 19.5 Å². The van der Waals surface area contributed by atoms with Crippen LogP contribution in [0.2, 0.25) is 0 Å². The molecule has 0 fully saturated rings. The van der Waals surface area contributed by atoms with E-state index in [4.69, 9.17) is 0 Å². The van der Waals surface area contributed by atoms with Gasteiger partial charge in [0.2, 0.25) is 10.0 Å². The van der Waals surface area contributed by atoms with Crippen molar-refractivity contribution < 1.29 is 8.42 Å². The second-order valence-corrected chi connectivity index (χ2v) is 6.68. The maximum Gasteiger partial charge on any atom is 0.211 e. The molecule has 17 heavy (non-hydrogen) atoms. The van der Waals surface area contributed by atoms with Crippen LogP contribution in [-0.2, 0) is 16.6 Å². The van der Waals surface area contributed by atoms with Gasteiger partial charge in [0.25, 0.3) is 0 Å². The molecule has 0 saturated carbocycles. The van der Waals surface area contributed by atoms with Crippen LogP contribution < -0.4 is 5.32 Å². The van der Waals surface area contributed by atoms with Gasteiger partial charge in [-0.05, 0) is 35.4 Å². The Labute approximate surface area is 108 Å². The van der Waals surface area contributed by atoms with Crippen molar-refractivity contribution in [1.82, 2.24) is 9.62 Å². The molecular formula is C11H20N2O2S2. The Morgan fingerprint density at radius 3 is 2.76 bits per heavy atom. The summed E-state index contributed by atoms with van der Waals surface area (Å²) in [6.45, 7) is 4.69. The van der Waals surface area contributed by atoms with Crippen LogP contribution >= 0.6 is 11.3 Å². The lowest BCUT2D eigenvalue weighted by atomic mass is 10.3. The first-order chi connectivity index (χ1) is 8.04. The Morgan fingerprint density at radius 2 is 2.24 bits per heavy atom. The van der Waals surface area contributed by atoms with Crippen molar-refractivity contribution in [3.63, 3.8) is 0 Å². The van der Waals surface area contributed by atoms with Crippen LogP contribution in [0.5, 0.6) is 0 Å². The molecule has 0 aromatic carbocycles. The van der Waals surface area contributed by atoms with E-state index >= 15 is 0 Å². The van der Waals surface area contributed by atoms with Crippen LogP contribution in [0.3, 0.4) is 0 Å². The van der Waals surface area contributed by atoms with Crippen LogP contribution in [0.15, 0.2) is 16.8 Å². The molecule has 1 rings (SSSR count). The molecule has 0 radical (unpaired) electrons. The highest BCUT2D eigenvalue weighted by Crippen LogP contribution is 2.05. The third-order valence-corrected chi connectivity index (χ3v) is 4.60. The van der Waals surface area contributed by atoms with Gasteiger partial charge in [-0.2, -0.15) is 11.3 Å².